The van der Waals surface area contributed by atoms with Crippen molar-refractivity contribution in [2.75, 3.05) is 13.1 Å². The van der Waals surface area contributed by atoms with E-state index in [2.05, 4.69) is 69.4 Å². The summed E-state index contributed by atoms with van der Waals surface area (Å²) >= 11 is 0. The first-order chi connectivity index (χ1) is 17.7. The van der Waals surface area contributed by atoms with Gasteiger partial charge in [0.2, 0.25) is 11.8 Å². The normalized spacial score (nSPS) is 17.9. The van der Waals surface area contributed by atoms with Gasteiger partial charge in [0.1, 0.15) is 0 Å². The highest BCUT2D eigenvalue weighted by atomic mass is 16.2. The van der Waals surface area contributed by atoms with Gasteiger partial charge in [-0.05, 0) is 68.2 Å². The molecule has 36 heavy (non-hydrogen) atoms. The van der Waals surface area contributed by atoms with Crippen molar-refractivity contribution in [1.29, 1.82) is 0 Å². The number of aromatic amines is 2. The van der Waals surface area contributed by atoms with E-state index in [9.17, 15) is 9.59 Å². The van der Waals surface area contributed by atoms with Crippen LogP contribution in [0.4, 0.5) is 0 Å². The summed E-state index contributed by atoms with van der Waals surface area (Å²) in [6.07, 6.45) is 11.1. The molecule has 0 radical (unpaired) electrons. The molecule has 1 fully saturated rings. The Morgan fingerprint density at radius 2 is 1.19 bits per heavy atom. The minimum Gasteiger partial charge on any atom is -0.361 e. The topological polar surface area (TPSA) is 89.8 Å². The fraction of sp³-hybridized carbons (Fsp3) is 0.400. The minimum atomic E-state index is -0.0613. The van der Waals surface area contributed by atoms with E-state index in [0.29, 0.717) is 19.5 Å². The molecule has 2 heterocycles. The predicted molar refractivity (Wildman–Crippen MR) is 145 cm³/mol. The lowest BCUT2D eigenvalue weighted by Gasteiger charge is -2.27. The fourth-order valence-electron chi connectivity index (χ4n) is 5.61. The van der Waals surface area contributed by atoms with Gasteiger partial charge in [0.25, 0.3) is 0 Å². The van der Waals surface area contributed by atoms with Gasteiger partial charge in [-0.2, -0.15) is 0 Å². The molecule has 2 aromatic heterocycles. The number of amides is 2. The Morgan fingerprint density at radius 3 is 1.69 bits per heavy atom. The quantitative estimate of drug-likeness (QED) is 0.232. The average Bonchev–Trinajstić information content (AvgIpc) is 3.53. The largest absolute Gasteiger partial charge is 0.361 e. The predicted octanol–water partition coefficient (Wildman–Crippen LogP) is 5.25. The highest BCUT2D eigenvalue weighted by Gasteiger charge is 2.30. The van der Waals surface area contributed by atoms with Gasteiger partial charge >= 0.3 is 0 Å². The van der Waals surface area contributed by atoms with Crippen LogP contribution in [0.15, 0.2) is 60.9 Å². The first kappa shape index (κ1) is 24.2. The van der Waals surface area contributed by atoms with Crippen LogP contribution in [0, 0.1) is 11.8 Å². The van der Waals surface area contributed by atoms with E-state index in [0.717, 1.165) is 56.0 Å². The molecule has 2 amide bonds. The third-order valence-electron chi connectivity index (χ3n) is 7.61. The van der Waals surface area contributed by atoms with Crippen molar-refractivity contribution in [2.45, 2.75) is 51.4 Å². The molecule has 4 N–H and O–H groups in total. The Bertz CT molecular complexity index is 1220. The third kappa shape index (κ3) is 5.64. The van der Waals surface area contributed by atoms with Crippen molar-refractivity contribution in [3.63, 3.8) is 0 Å². The van der Waals surface area contributed by atoms with E-state index in [1.807, 2.05) is 12.1 Å². The van der Waals surface area contributed by atoms with Crippen LogP contribution < -0.4 is 10.6 Å². The second kappa shape index (κ2) is 11.5. The van der Waals surface area contributed by atoms with E-state index in [4.69, 9.17) is 0 Å². The number of hydrogen-bond acceptors (Lipinski definition) is 2. The summed E-state index contributed by atoms with van der Waals surface area (Å²) in [5.74, 6) is 0.0825. The number of fused-ring (bicyclic) bond motifs is 2. The summed E-state index contributed by atoms with van der Waals surface area (Å²) in [5, 5.41) is 8.75. The highest BCUT2D eigenvalue weighted by molar-refractivity contribution is 5.84. The van der Waals surface area contributed by atoms with Gasteiger partial charge in [-0.15, -0.1) is 0 Å². The third-order valence-corrected chi connectivity index (χ3v) is 7.61. The van der Waals surface area contributed by atoms with E-state index in [-0.39, 0.29) is 23.7 Å². The number of benzene rings is 2. The molecule has 0 saturated heterocycles. The smallest absolute Gasteiger partial charge is 0.223 e. The maximum absolute atomic E-state index is 12.8. The average molecular weight is 485 g/mol. The molecule has 2 atom stereocenters. The van der Waals surface area contributed by atoms with Gasteiger partial charge < -0.3 is 20.6 Å². The standard InChI is InChI=1S/C30H36N4O2/c35-29(31-16-6-10-23-19-33-27-14-3-1-12-25(23)27)21-8-5-9-22(18-21)30(36)32-17-7-11-24-20-34-28-15-4-2-13-26(24)28/h1-4,12-15,19-22,33-34H,5-11,16-18H2,(H,31,35)(H,32,36). The van der Waals surface area contributed by atoms with Crippen molar-refractivity contribution in [3.05, 3.63) is 72.1 Å². The number of rotatable bonds is 10. The van der Waals surface area contributed by atoms with Crippen molar-refractivity contribution < 1.29 is 9.59 Å². The Morgan fingerprint density at radius 1 is 0.722 bits per heavy atom. The monoisotopic (exact) mass is 484 g/mol. The molecular weight excluding hydrogens is 448 g/mol. The number of aryl methyl sites for hydroxylation is 2. The number of para-hydroxylation sites is 2. The molecule has 0 spiro atoms. The molecule has 5 rings (SSSR count). The Labute approximate surface area is 212 Å². The van der Waals surface area contributed by atoms with Crippen molar-refractivity contribution >= 4 is 33.6 Å². The molecular formula is C30H36N4O2. The van der Waals surface area contributed by atoms with E-state index in [1.165, 1.54) is 21.9 Å². The lowest BCUT2D eigenvalue weighted by Crippen LogP contribution is -2.39. The summed E-state index contributed by atoms with van der Waals surface area (Å²) in [4.78, 5) is 32.2. The minimum absolute atomic E-state index is 0.0613. The number of hydrogen-bond donors (Lipinski definition) is 4. The van der Waals surface area contributed by atoms with Crippen LogP contribution in [0.3, 0.4) is 0 Å². The number of carbonyl (C=O) groups is 2. The maximum atomic E-state index is 12.8. The lowest BCUT2D eigenvalue weighted by molar-refractivity contribution is -0.130. The zero-order valence-corrected chi connectivity index (χ0v) is 20.8. The van der Waals surface area contributed by atoms with Crippen LogP contribution in [0.25, 0.3) is 21.8 Å². The van der Waals surface area contributed by atoms with Gasteiger partial charge in [-0.25, -0.2) is 0 Å². The zero-order chi connectivity index (χ0) is 24.7. The Kier molecular flexibility index (Phi) is 7.70. The summed E-state index contributed by atoms with van der Waals surface area (Å²) in [5.41, 5.74) is 4.89. The fourth-order valence-corrected chi connectivity index (χ4v) is 5.61. The van der Waals surface area contributed by atoms with E-state index in [1.54, 1.807) is 0 Å². The van der Waals surface area contributed by atoms with Crippen LogP contribution in [-0.4, -0.2) is 34.9 Å². The SMILES string of the molecule is O=C(NCCCc1c[nH]c2ccccc12)C1CCCC(C(=O)NCCCc2c[nH]c3ccccc23)C1. The summed E-state index contributed by atoms with van der Waals surface area (Å²) < 4.78 is 0. The molecule has 1 aliphatic carbocycles. The molecule has 1 saturated carbocycles. The molecule has 188 valence electrons. The highest BCUT2D eigenvalue weighted by Crippen LogP contribution is 2.29. The molecule has 2 unspecified atom stereocenters. The summed E-state index contributed by atoms with van der Waals surface area (Å²) in [6.45, 7) is 1.33. The Hall–Kier alpha value is -3.54. The van der Waals surface area contributed by atoms with Crippen LogP contribution in [0.1, 0.15) is 49.7 Å². The Balaban J connectivity index is 1.01. The number of carbonyl (C=O) groups excluding carboxylic acids is 2. The maximum Gasteiger partial charge on any atom is 0.223 e. The lowest BCUT2D eigenvalue weighted by atomic mass is 9.80. The molecule has 1 aliphatic rings. The second-order valence-electron chi connectivity index (χ2n) is 10.1. The van der Waals surface area contributed by atoms with E-state index < -0.39 is 0 Å². The number of H-pyrrole nitrogens is 2. The molecule has 6 nitrogen and oxygen atoms in total. The second-order valence-corrected chi connectivity index (χ2v) is 10.1. The van der Waals surface area contributed by atoms with Gasteiger partial charge in [0.05, 0.1) is 0 Å². The van der Waals surface area contributed by atoms with Crippen molar-refractivity contribution in [2.24, 2.45) is 11.8 Å². The number of aromatic nitrogens is 2. The molecule has 0 bridgehead atoms. The first-order valence-corrected chi connectivity index (χ1v) is 13.3. The van der Waals surface area contributed by atoms with Gasteiger partial charge in [-0.3, -0.25) is 9.59 Å². The van der Waals surface area contributed by atoms with Gasteiger partial charge in [-0.1, -0.05) is 42.8 Å². The van der Waals surface area contributed by atoms with Gasteiger partial charge in [0.15, 0.2) is 0 Å². The summed E-state index contributed by atoms with van der Waals surface area (Å²) in [6, 6.07) is 16.6. The van der Waals surface area contributed by atoms with Crippen LogP contribution >= 0.6 is 0 Å². The summed E-state index contributed by atoms with van der Waals surface area (Å²) in [7, 11) is 0. The van der Waals surface area contributed by atoms with Crippen LogP contribution in [0.2, 0.25) is 0 Å². The van der Waals surface area contributed by atoms with Crippen LogP contribution in [-0.2, 0) is 22.4 Å². The number of nitrogens with one attached hydrogen (secondary N) is 4. The first-order valence-electron chi connectivity index (χ1n) is 13.3. The molecule has 0 aliphatic heterocycles. The zero-order valence-electron chi connectivity index (χ0n) is 20.8. The van der Waals surface area contributed by atoms with Gasteiger partial charge in [0, 0.05) is 59.1 Å². The van der Waals surface area contributed by atoms with Crippen molar-refractivity contribution in [1.82, 2.24) is 20.6 Å². The molecule has 4 aromatic rings. The van der Waals surface area contributed by atoms with Crippen LogP contribution in [0.5, 0.6) is 0 Å². The van der Waals surface area contributed by atoms with Crippen molar-refractivity contribution in [3.8, 4) is 0 Å². The van der Waals surface area contributed by atoms with E-state index >= 15 is 0 Å². The molecule has 2 aromatic carbocycles. The molecule has 6 heteroatoms.